The van der Waals surface area contributed by atoms with E-state index in [4.69, 9.17) is 0 Å². The molecule has 1 fully saturated rings. The van der Waals surface area contributed by atoms with E-state index in [-0.39, 0.29) is 23.9 Å². The van der Waals surface area contributed by atoms with E-state index >= 15 is 0 Å². The molecule has 2 aliphatic heterocycles. The summed E-state index contributed by atoms with van der Waals surface area (Å²) in [4.78, 5) is 25.6. The molecule has 1 saturated heterocycles. The zero-order chi connectivity index (χ0) is 21.3. The summed E-state index contributed by atoms with van der Waals surface area (Å²) in [5.74, 6) is -0.373. The molecule has 0 aromatic heterocycles. The molecule has 160 valence electrons. The SMILES string of the molecule is C=CCCCCCC/C=C/CC[C@@H]1[C@H](CCC=C)N1N1C(=O)c2ccccc2C1=O. The van der Waals surface area contributed by atoms with Crippen LogP contribution in [-0.4, -0.2) is 33.9 Å². The van der Waals surface area contributed by atoms with Gasteiger partial charge in [0.05, 0.1) is 11.1 Å². The van der Waals surface area contributed by atoms with Gasteiger partial charge < -0.3 is 0 Å². The van der Waals surface area contributed by atoms with Crippen LogP contribution in [0.5, 0.6) is 0 Å². The second kappa shape index (κ2) is 11.1. The van der Waals surface area contributed by atoms with Gasteiger partial charge >= 0.3 is 0 Å². The third-order valence-electron chi connectivity index (χ3n) is 6.03. The quantitative estimate of drug-likeness (QED) is 0.163. The lowest BCUT2D eigenvalue weighted by Crippen LogP contribution is -2.37. The molecule has 1 aromatic carbocycles. The largest absolute Gasteiger partial charge is 0.276 e. The van der Waals surface area contributed by atoms with Crippen molar-refractivity contribution in [2.45, 2.75) is 76.3 Å². The highest BCUT2D eigenvalue weighted by Crippen LogP contribution is 2.41. The molecule has 0 N–H and O–H groups in total. The molecule has 1 unspecified atom stereocenters. The molecule has 0 radical (unpaired) electrons. The maximum absolute atomic E-state index is 12.8. The van der Waals surface area contributed by atoms with Gasteiger partial charge in [-0.2, -0.15) is 0 Å². The average molecular weight is 407 g/mol. The van der Waals surface area contributed by atoms with Crippen LogP contribution in [0.25, 0.3) is 0 Å². The molecule has 2 aliphatic rings. The predicted molar refractivity (Wildman–Crippen MR) is 122 cm³/mol. The lowest BCUT2D eigenvalue weighted by molar-refractivity contribution is 0.0337. The highest BCUT2D eigenvalue weighted by Gasteiger charge is 2.55. The van der Waals surface area contributed by atoms with Gasteiger partial charge in [0.15, 0.2) is 0 Å². The normalized spacial score (nSPS) is 22.5. The van der Waals surface area contributed by atoms with Gasteiger partial charge in [-0.15, -0.1) is 13.2 Å². The summed E-state index contributed by atoms with van der Waals surface area (Å²) in [6.45, 7) is 7.57. The molecule has 4 nitrogen and oxygen atoms in total. The molecule has 3 atom stereocenters. The van der Waals surface area contributed by atoms with Crippen LogP contribution in [0.4, 0.5) is 0 Å². The van der Waals surface area contributed by atoms with Crippen molar-refractivity contribution in [3.8, 4) is 0 Å². The van der Waals surface area contributed by atoms with E-state index in [0.717, 1.165) is 38.5 Å². The maximum atomic E-state index is 12.8. The van der Waals surface area contributed by atoms with Crippen LogP contribution < -0.4 is 0 Å². The number of fused-ring (bicyclic) bond motifs is 1. The number of allylic oxidation sites excluding steroid dienone is 4. The van der Waals surface area contributed by atoms with E-state index in [1.807, 2.05) is 29.3 Å². The van der Waals surface area contributed by atoms with Crippen molar-refractivity contribution >= 4 is 11.8 Å². The zero-order valence-corrected chi connectivity index (χ0v) is 18.0. The number of hydrogen-bond donors (Lipinski definition) is 0. The minimum Gasteiger partial charge on any atom is -0.267 e. The topological polar surface area (TPSA) is 40.4 Å². The lowest BCUT2D eigenvalue weighted by Gasteiger charge is -2.16. The van der Waals surface area contributed by atoms with Crippen LogP contribution in [0.3, 0.4) is 0 Å². The number of carbonyl (C=O) groups is 2. The molecule has 0 spiro atoms. The lowest BCUT2D eigenvalue weighted by atomic mass is 10.1. The monoisotopic (exact) mass is 406 g/mol. The molecule has 2 heterocycles. The summed E-state index contributed by atoms with van der Waals surface area (Å²) in [5.41, 5.74) is 1.03. The first-order chi connectivity index (χ1) is 14.7. The number of amides is 2. The minimum absolute atomic E-state index is 0.186. The first-order valence-electron chi connectivity index (χ1n) is 11.3. The molecule has 2 amide bonds. The summed E-state index contributed by atoms with van der Waals surface area (Å²) in [5, 5.41) is 3.39. The highest BCUT2D eigenvalue weighted by atomic mass is 16.2. The van der Waals surface area contributed by atoms with Crippen LogP contribution in [-0.2, 0) is 0 Å². The second-order valence-corrected chi connectivity index (χ2v) is 8.18. The summed E-state index contributed by atoms with van der Waals surface area (Å²) >= 11 is 0. The molecular formula is C26H34N2O2. The Bertz CT molecular complexity index is 763. The second-order valence-electron chi connectivity index (χ2n) is 8.18. The molecule has 3 rings (SSSR count). The Labute approximate surface area is 180 Å². The number of carbonyl (C=O) groups excluding carboxylic acids is 2. The number of hydrogen-bond acceptors (Lipinski definition) is 3. The van der Waals surface area contributed by atoms with E-state index < -0.39 is 0 Å². The number of benzene rings is 1. The van der Waals surface area contributed by atoms with Gasteiger partial charge in [0.2, 0.25) is 0 Å². The first kappa shape index (κ1) is 22.2. The van der Waals surface area contributed by atoms with Crippen LogP contribution >= 0.6 is 0 Å². The minimum atomic E-state index is -0.186. The Morgan fingerprint density at radius 2 is 1.27 bits per heavy atom. The summed E-state index contributed by atoms with van der Waals surface area (Å²) in [6.07, 6.45) is 19.5. The van der Waals surface area contributed by atoms with Gasteiger partial charge in [0.1, 0.15) is 0 Å². The third kappa shape index (κ3) is 5.17. The van der Waals surface area contributed by atoms with Crippen molar-refractivity contribution in [1.29, 1.82) is 0 Å². The fourth-order valence-electron chi connectivity index (χ4n) is 4.35. The Balaban J connectivity index is 1.48. The van der Waals surface area contributed by atoms with Crippen LogP contribution in [0, 0.1) is 0 Å². The standard InChI is InChI=1S/C26H34N2O2/c1-3-5-7-8-9-10-11-12-13-14-20-24-23(19-6-4-2)27(24)28-25(29)21-17-15-16-18-22(21)26(28)30/h3-4,12-13,15-18,23-24H,1-2,5-11,14,19-20H2/b13-12+/t23-,24+,27?/m0/s1. The van der Waals surface area contributed by atoms with Crippen molar-refractivity contribution < 1.29 is 9.59 Å². The van der Waals surface area contributed by atoms with Crippen molar-refractivity contribution in [1.82, 2.24) is 10.0 Å². The molecule has 0 saturated carbocycles. The zero-order valence-electron chi connectivity index (χ0n) is 18.0. The molecule has 30 heavy (non-hydrogen) atoms. The van der Waals surface area contributed by atoms with E-state index in [1.54, 1.807) is 12.1 Å². The van der Waals surface area contributed by atoms with Crippen molar-refractivity contribution in [2.75, 3.05) is 0 Å². The van der Waals surface area contributed by atoms with E-state index in [9.17, 15) is 9.59 Å². The molecule has 4 heteroatoms. The number of unbranched alkanes of at least 4 members (excludes halogenated alkanes) is 5. The van der Waals surface area contributed by atoms with Crippen LogP contribution in [0.1, 0.15) is 84.9 Å². The molecule has 1 aromatic rings. The number of hydrazine groups is 1. The molecular weight excluding hydrogens is 372 g/mol. The Morgan fingerprint density at radius 3 is 1.87 bits per heavy atom. The Hall–Kier alpha value is -2.46. The van der Waals surface area contributed by atoms with Gasteiger partial charge in [-0.3, -0.25) is 9.59 Å². The van der Waals surface area contributed by atoms with Gasteiger partial charge in [-0.25, -0.2) is 10.0 Å². The predicted octanol–water partition coefficient (Wildman–Crippen LogP) is 6.08. The number of rotatable bonds is 14. The van der Waals surface area contributed by atoms with Crippen LogP contribution in [0.15, 0.2) is 61.7 Å². The molecule has 0 bridgehead atoms. The number of imide groups is 1. The fourth-order valence-corrected chi connectivity index (χ4v) is 4.35. The fraction of sp³-hybridized carbons (Fsp3) is 0.462. The van der Waals surface area contributed by atoms with Crippen molar-refractivity contribution in [3.05, 3.63) is 72.9 Å². The Kier molecular flexibility index (Phi) is 8.21. The van der Waals surface area contributed by atoms with E-state index in [0.29, 0.717) is 11.1 Å². The van der Waals surface area contributed by atoms with Gasteiger partial charge in [0, 0.05) is 12.1 Å². The van der Waals surface area contributed by atoms with Crippen LogP contribution in [0.2, 0.25) is 0 Å². The maximum Gasteiger partial charge on any atom is 0.276 e. The molecule has 0 aliphatic carbocycles. The summed E-state index contributed by atoms with van der Waals surface area (Å²) in [6, 6.07) is 7.60. The van der Waals surface area contributed by atoms with Gasteiger partial charge in [-0.05, 0) is 63.5 Å². The number of nitrogens with zero attached hydrogens (tertiary/aromatic N) is 2. The smallest absolute Gasteiger partial charge is 0.267 e. The van der Waals surface area contributed by atoms with Crippen molar-refractivity contribution in [3.63, 3.8) is 0 Å². The van der Waals surface area contributed by atoms with Crippen molar-refractivity contribution in [2.24, 2.45) is 0 Å². The third-order valence-corrected chi connectivity index (χ3v) is 6.03. The van der Waals surface area contributed by atoms with E-state index in [1.165, 1.54) is 30.7 Å². The summed E-state index contributed by atoms with van der Waals surface area (Å²) < 4.78 is 0. The van der Waals surface area contributed by atoms with Gasteiger partial charge in [-0.1, -0.05) is 49.3 Å². The Morgan fingerprint density at radius 1 is 0.733 bits per heavy atom. The highest BCUT2D eigenvalue weighted by molar-refractivity contribution is 6.21. The van der Waals surface area contributed by atoms with E-state index in [2.05, 4.69) is 25.3 Å². The van der Waals surface area contributed by atoms with Gasteiger partial charge in [0.25, 0.3) is 11.8 Å². The first-order valence-corrected chi connectivity index (χ1v) is 11.3. The summed E-state index contributed by atoms with van der Waals surface area (Å²) in [7, 11) is 0. The average Bonchev–Trinajstić information content (AvgIpc) is 3.37.